The second kappa shape index (κ2) is 8.78. The number of para-hydroxylation sites is 2. The van der Waals surface area contributed by atoms with Crippen molar-refractivity contribution in [3.8, 4) is 17.2 Å². The summed E-state index contributed by atoms with van der Waals surface area (Å²) in [6.45, 7) is 0. The average molecular weight is 431 g/mol. The van der Waals surface area contributed by atoms with Crippen LogP contribution in [-0.2, 0) is 10.0 Å². The van der Waals surface area contributed by atoms with Crippen molar-refractivity contribution >= 4 is 27.3 Å². The Bertz CT molecular complexity index is 1120. The van der Waals surface area contributed by atoms with Crippen molar-refractivity contribution in [3.05, 3.63) is 60.4 Å². The maximum atomic E-state index is 13.0. The molecule has 3 N–H and O–H groups in total. The van der Waals surface area contributed by atoms with E-state index in [-0.39, 0.29) is 27.8 Å². The van der Waals surface area contributed by atoms with E-state index in [0.29, 0.717) is 11.4 Å². The van der Waals surface area contributed by atoms with Crippen molar-refractivity contribution in [1.29, 1.82) is 0 Å². The Morgan fingerprint density at radius 3 is 2.07 bits per heavy atom. The summed E-state index contributed by atoms with van der Waals surface area (Å²) in [7, 11) is 0.177. The fraction of sp³-hybridized carbons (Fsp3) is 0.150. The van der Waals surface area contributed by atoms with Gasteiger partial charge in [-0.1, -0.05) is 12.1 Å². The van der Waals surface area contributed by atoms with Crippen LogP contribution in [0.15, 0.2) is 59.6 Å². The summed E-state index contributed by atoms with van der Waals surface area (Å²) in [4.78, 5) is 15.0. The van der Waals surface area contributed by atoms with Gasteiger partial charge in [0.25, 0.3) is 15.9 Å². The molecule has 0 radical (unpaired) electrons. The number of carbonyl (C=O) groups is 1. The van der Waals surface area contributed by atoms with Gasteiger partial charge in [0.2, 0.25) is 5.75 Å². The van der Waals surface area contributed by atoms with Crippen LogP contribution in [0.2, 0.25) is 0 Å². The number of aromatic nitrogens is 1. The predicted molar refractivity (Wildman–Crippen MR) is 112 cm³/mol. The zero-order valence-electron chi connectivity index (χ0n) is 16.6. The SMILES string of the molecule is COc1cc(S(=O)(=O)Nc2ccccc2NC(=O)c2ccc[nH]2)cc(OC)c1OC. The molecule has 0 saturated carbocycles. The first-order valence-corrected chi connectivity index (χ1v) is 10.2. The normalized spacial score (nSPS) is 10.9. The van der Waals surface area contributed by atoms with Gasteiger partial charge in [0.05, 0.1) is 37.6 Å². The summed E-state index contributed by atoms with van der Waals surface area (Å²) in [5.41, 5.74) is 0.844. The van der Waals surface area contributed by atoms with Crippen LogP contribution in [0.25, 0.3) is 0 Å². The van der Waals surface area contributed by atoms with E-state index in [1.54, 1.807) is 42.6 Å². The van der Waals surface area contributed by atoms with Gasteiger partial charge in [-0.3, -0.25) is 9.52 Å². The van der Waals surface area contributed by atoms with E-state index < -0.39 is 15.9 Å². The number of methoxy groups -OCH3 is 3. The number of ether oxygens (including phenoxy) is 3. The first-order valence-electron chi connectivity index (χ1n) is 8.76. The van der Waals surface area contributed by atoms with E-state index in [1.807, 2.05) is 0 Å². The number of amides is 1. The summed E-state index contributed by atoms with van der Waals surface area (Å²) >= 11 is 0. The highest BCUT2D eigenvalue weighted by Gasteiger charge is 2.22. The van der Waals surface area contributed by atoms with E-state index in [4.69, 9.17) is 14.2 Å². The number of carbonyl (C=O) groups excluding carboxylic acids is 1. The Kier molecular flexibility index (Phi) is 6.17. The first-order chi connectivity index (χ1) is 14.4. The number of hydrogen-bond donors (Lipinski definition) is 3. The van der Waals surface area contributed by atoms with Gasteiger partial charge in [0, 0.05) is 18.3 Å². The molecular formula is C20H21N3O6S. The van der Waals surface area contributed by atoms with E-state index in [9.17, 15) is 13.2 Å². The largest absolute Gasteiger partial charge is 0.493 e. The van der Waals surface area contributed by atoms with Crippen LogP contribution in [0, 0.1) is 0 Å². The van der Waals surface area contributed by atoms with Crippen molar-refractivity contribution in [1.82, 2.24) is 4.98 Å². The fourth-order valence-electron chi connectivity index (χ4n) is 2.76. The molecule has 0 bridgehead atoms. The standard InChI is InChI=1S/C20H21N3O6S/c1-27-17-11-13(12-18(28-2)19(17)29-3)30(25,26)23-15-8-5-4-7-14(15)22-20(24)16-9-6-10-21-16/h4-12,21,23H,1-3H3,(H,22,24). The van der Waals surface area contributed by atoms with Gasteiger partial charge in [-0.05, 0) is 24.3 Å². The van der Waals surface area contributed by atoms with Crippen molar-refractivity contribution in [3.63, 3.8) is 0 Å². The van der Waals surface area contributed by atoms with Crippen LogP contribution in [0.4, 0.5) is 11.4 Å². The number of hydrogen-bond acceptors (Lipinski definition) is 6. The molecule has 10 heteroatoms. The maximum absolute atomic E-state index is 13.0. The molecule has 3 aromatic rings. The van der Waals surface area contributed by atoms with E-state index in [0.717, 1.165) is 0 Å². The third-order valence-corrected chi connectivity index (χ3v) is 5.56. The summed E-state index contributed by atoms with van der Waals surface area (Å²) in [5, 5.41) is 2.68. The quantitative estimate of drug-likeness (QED) is 0.504. The molecule has 1 aromatic heterocycles. The van der Waals surface area contributed by atoms with Crippen molar-refractivity contribution in [2.75, 3.05) is 31.4 Å². The minimum Gasteiger partial charge on any atom is -0.493 e. The molecule has 0 aliphatic heterocycles. The minimum absolute atomic E-state index is 0.0949. The second-order valence-electron chi connectivity index (χ2n) is 6.05. The van der Waals surface area contributed by atoms with Crippen LogP contribution in [-0.4, -0.2) is 40.6 Å². The number of benzene rings is 2. The lowest BCUT2D eigenvalue weighted by atomic mass is 10.2. The van der Waals surface area contributed by atoms with E-state index >= 15 is 0 Å². The highest BCUT2D eigenvalue weighted by atomic mass is 32.2. The Labute approximate surface area is 174 Å². The molecule has 0 aliphatic carbocycles. The number of nitrogens with one attached hydrogen (secondary N) is 3. The molecule has 0 spiro atoms. The molecule has 0 fully saturated rings. The molecule has 0 unspecified atom stereocenters. The molecule has 9 nitrogen and oxygen atoms in total. The molecule has 30 heavy (non-hydrogen) atoms. The van der Waals surface area contributed by atoms with Gasteiger partial charge in [-0.15, -0.1) is 0 Å². The Balaban J connectivity index is 1.94. The molecule has 0 atom stereocenters. The van der Waals surface area contributed by atoms with E-state index in [1.165, 1.54) is 33.5 Å². The third-order valence-electron chi connectivity index (χ3n) is 4.21. The molecule has 2 aromatic carbocycles. The van der Waals surface area contributed by atoms with Gasteiger partial charge < -0.3 is 24.5 Å². The molecule has 3 rings (SSSR count). The average Bonchev–Trinajstić information content (AvgIpc) is 3.28. The van der Waals surface area contributed by atoms with Crippen LogP contribution < -0.4 is 24.2 Å². The predicted octanol–water partition coefficient (Wildman–Crippen LogP) is 3.09. The summed E-state index contributed by atoms with van der Waals surface area (Å²) in [6, 6.07) is 12.4. The fourth-order valence-corrected chi connectivity index (χ4v) is 3.87. The highest BCUT2D eigenvalue weighted by molar-refractivity contribution is 7.92. The molecule has 1 amide bonds. The van der Waals surface area contributed by atoms with Crippen molar-refractivity contribution in [2.24, 2.45) is 0 Å². The number of H-pyrrole nitrogens is 1. The summed E-state index contributed by atoms with van der Waals surface area (Å²) in [5.74, 6) is 0.271. The van der Waals surface area contributed by atoms with Gasteiger partial charge in [-0.2, -0.15) is 0 Å². The van der Waals surface area contributed by atoms with Gasteiger partial charge >= 0.3 is 0 Å². The molecule has 0 saturated heterocycles. The van der Waals surface area contributed by atoms with Crippen LogP contribution in [0.1, 0.15) is 10.5 Å². The van der Waals surface area contributed by atoms with Gasteiger partial charge in [-0.25, -0.2) is 8.42 Å². The van der Waals surface area contributed by atoms with Crippen LogP contribution in [0.5, 0.6) is 17.2 Å². The Hall–Kier alpha value is -3.66. The smallest absolute Gasteiger partial charge is 0.272 e. The summed E-state index contributed by atoms with van der Waals surface area (Å²) < 4.78 is 44.2. The van der Waals surface area contributed by atoms with Crippen LogP contribution in [0.3, 0.4) is 0 Å². The lowest BCUT2D eigenvalue weighted by Gasteiger charge is -2.16. The number of sulfonamides is 1. The Morgan fingerprint density at radius 2 is 1.53 bits per heavy atom. The van der Waals surface area contributed by atoms with Crippen molar-refractivity contribution < 1.29 is 27.4 Å². The number of anilines is 2. The van der Waals surface area contributed by atoms with Crippen molar-refractivity contribution in [2.45, 2.75) is 4.90 Å². The minimum atomic E-state index is -4.04. The highest BCUT2D eigenvalue weighted by Crippen LogP contribution is 2.40. The molecular weight excluding hydrogens is 410 g/mol. The molecule has 1 heterocycles. The number of aromatic amines is 1. The van der Waals surface area contributed by atoms with Gasteiger partial charge in [0.1, 0.15) is 5.69 Å². The second-order valence-corrected chi connectivity index (χ2v) is 7.73. The monoisotopic (exact) mass is 431 g/mol. The number of rotatable bonds is 8. The summed E-state index contributed by atoms with van der Waals surface area (Å²) in [6.07, 6.45) is 1.62. The van der Waals surface area contributed by atoms with Gasteiger partial charge in [0.15, 0.2) is 11.5 Å². The maximum Gasteiger partial charge on any atom is 0.272 e. The zero-order chi connectivity index (χ0) is 21.7. The molecule has 158 valence electrons. The lowest BCUT2D eigenvalue weighted by Crippen LogP contribution is -2.17. The molecule has 0 aliphatic rings. The third kappa shape index (κ3) is 4.33. The lowest BCUT2D eigenvalue weighted by molar-refractivity contribution is 0.102. The Morgan fingerprint density at radius 1 is 0.900 bits per heavy atom. The van der Waals surface area contributed by atoms with E-state index in [2.05, 4.69) is 15.0 Å². The zero-order valence-corrected chi connectivity index (χ0v) is 17.4. The van der Waals surface area contributed by atoms with Crippen LogP contribution >= 0.6 is 0 Å². The topological polar surface area (TPSA) is 119 Å². The first kappa shape index (κ1) is 21.1.